The van der Waals surface area contributed by atoms with Crippen LogP contribution in [-0.4, -0.2) is 41.6 Å². The van der Waals surface area contributed by atoms with Gasteiger partial charge in [0.1, 0.15) is 6.61 Å². The quantitative estimate of drug-likeness (QED) is 0.821. The maximum absolute atomic E-state index is 12.5. The van der Waals surface area contributed by atoms with Gasteiger partial charge in [0, 0.05) is 6.54 Å². The van der Waals surface area contributed by atoms with E-state index in [-0.39, 0.29) is 12.5 Å². The Bertz CT molecular complexity index is 744. The van der Waals surface area contributed by atoms with Crippen LogP contribution in [0.3, 0.4) is 0 Å². The number of fused-ring (bicyclic) bond motifs is 1. The Morgan fingerprint density at radius 3 is 2.56 bits per heavy atom. The second kappa shape index (κ2) is 7.94. The van der Waals surface area contributed by atoms with Crippen LogP contribution in [0.1, 0.15) is 22.7 Å². The lowest BCUT2D eigenvalue weighted by Crippen LogP contribution is -2.45. The van der Waals surface area contributed by atoms with Crippen LogP contribution in [0.25, 0.3) is 0 Å². The minimum absolute atomic E-state index is 0.0984. The second-order valence-electron chi connectivity index (χ2n) is 6.06. The Morgan fingerprint density at radius 2 is 1.80 bits per heavy atom. The lowest BCUT2D eigenvalue weighted by atomic mass is 9.92. The molecule has 2 aromatic carbocycles. The van der Waals surface area contributed by atoms with Gasteiger partial charge in [-0.1, -0.05) is 54.6 Å². The number of benzene rings is 2. The van der Waals surface area contributed by atoms with Gasteiger partial charge in [0.2, 0.25) is 5.91 Å². The molecule has 1 N–H and O–H groups in total. The standard InChI is InChI=1S/C20H21NO4/c22-18(14-25-13-11-15-6-2-1-3-7-15)21-12-10-16-8-4-5-9-17(16)19(21)20(23)24/h1-9,19H,10-14H2,(H,23,24). The number of carboxylic acid groups (broad SMARTS) is 1. The van der Waals surface area contributed by atoms with E-state index in [0.717, 1.165) is 17.5 Å². The van der Waals surface area contributed by atoms with Crippen molar-refractivity contribution in [1.29, 1.82) is 0 Å². The zero-order chi connectivity index (χ0) is 17.6. The first-order chi connectivity index (χ1) is 12.2. The molecule has 1 unspecified atom stereocenters. The van der Waals surface area contributed by atoms with Crippen molar-refractivity contribution in [2.45, 2.75) is 18.9 Å². The van der Waals surface area contributed by atoms with Gasteiger partial charge in [-0.3, -0.25) is 4.79 Å². The van der Waals surface area contributed by atoms with E-state index in [1.54, 1.807) is 12.1 Å². The van der Waals surface area contributed by atoms with Gasteiger partial charge in [0.25, 0.3) is 0 Å². The van der Waals surface area contributed by atoms with E-state index < -0.39 is 12.0 Å². The number of carbonyl (C=O) groups excluding carboxylic acids is 1. The first kappa shape index (κ1) is 17.2. The summed E-state index contributed by atoms with van der Waals surface area (Å²) >= 11 is 0. The lowest BCUT2D eigenvalue weighted by Gasteiger charge is -2.34. The van der Waals surface area contributed by atoms with Gasteiger partial charge in [-0.25, -0.2) is 4.79 Å². The molecule has 5 heteroatoms. The molecule has 0 aromatic heterocycles. The fourth-order valence-electron chi connectivity index (χ4n) is 3.18. The third-order valence-corrected chi connectivity index (χ3v) is 4.44. The third kappa shape index (κ3) is 4.06. The van der Waals surface area contributed by atoms with E-state index in [2.05, 4.69) is 0 Å². The van der Waals surface area contributed by atoms with Gasteiger partial charge in [-0.05, 0) is 29.5 Å². The average molecular weight is 339 g/mol. The predicted octanol–water partition coefficient (Wildman–Crippen LogP) is 2.46. The zero-order valence-electron chi connectivity index (χ0n) is 13.9. The van der Waals surface area contributed by atoms with E-state index >= 15 is 0 Å². The van der Waals surface area contributed by atoms with Crippen molar-refractivity contribution in [2.24, 2.45) is 0 Å². The summed E-state index contributed by atoms with van der Waals surface area (Å²) in [6, 6.07) is 16.4. The lowest BCUT2D eigenvalue weighted by molar-refractivity contribution is -0.153. The number of aliphatic carboxylic acids is 1. The van der Waals surface area contributed by atoms with Crippen LogP contribution in [0.5, 0.6) is 0 Å². The van der Waals surface area contributed by atoms with Crippen molar-refractivity contribution >= 4 is 11.9 Å². The molecule has 0 spiro atoms. The molecule has 3 rings (SSSR count). The summed E-state index contributed by atoms with van der Waals surface area (Å²) in [4.78, 5) is 25.6. The molecular weight excluding hydrogens is 318 g/mol. The fraction of sp³-hybridized carbons (Fsp3) is 0.300. The first-order valence-corrected chi connectivity index (χ1v) is 8.38. The SMILES string of the molecule is O=C(O)C1c2ccccc2CCN1C(=O)COCCc1ccccc1. The van der Waals surface area contributed by atoms with Crippen LogP contribution >= 0.6 is 0 Å². The summed E-state index contributed by atoms with van der Waals surface area (Å²) < 4.78 is 5.48. The fourth-order valence-corrected chi connectivity index (χ4v) is 3.18. The first-order valence-electron chi connectivity index (χ1n) is 8.38. The smallest absolute Gasteiger partial charge is 0.331 e. The van der Waals surface area contributed by atoms with Crippen molar-refractivity contribution in [3.8, 4) is 0 Å². The van der Waals surface area contributed by atoms with Gasteiger partial charge in [-0.2, -0.15) is 0 Å². The van der Waals surface area contributed by atoms with Crippen molar-refractivity contribution in [1.82, 2.24) is 4.90 Å². The average Bonchev–Trinajstić information content (AvgIpc) is 2.64. The predicted molar refractivity (Wildman–Crippen MR) is 93.2 cm³/mol. The molecule has 0 saturated carbocycles. The van der Waals surface area contributed by atoms with Crippen molar-refractivity contribution in [2.75, 3.05) is 19.8 Å². The molecule has 1 atom stereocenters. The maximum Gasteiger partial charge on any atom is 0.331 e. The molecule has 2 aromatic rings. The number of carbonyl (C=O) groups is 2. The number of ether oxygens (including phenoxy) is 1. The molecule has 0 bridgehead atoms. The van der Waals surface area contributed by atoms with Crippen LogP contribution < -0.4 is 0 Å². The number of hydrogen-bond donors (Lipinski definition) is 1. The van der Waals surface area contributed by atoms with Gasteiger partial charge >= 0.3 is 5.97 Å². The minimum Gasteiger partial charge on any atom is -0.479 e. The summed E-state index contributed by atoms with van der Waals surface area (Å²) in [6.45, 7) is 0.728. The highest BCUT2D eigenvalue weighted by atomic mass is 16.5. The number of carboxylic acids is 1. The summed E-state index contributed by atoms with van der Waals surface area (Å²) in [5.74, 6) is -1.29. The highest BCUT2D eigenvalue weighted by Gasteiger charge is 2.35. The Hall–Kier alpha value is -2.66. The number of rotatable bonds is 6. The Balaban J connectivity index is 1.59. The summed E-state index contributed by atoms with van der Waals surface area (Å²) in [7, 11) is 0. The molecular formula is C20H21NO4. The Morgan fingerprint density at radius 1 is 1.08 bits per heavy atom. The second-order valence-corrected chi connectivity index (χ2v) is 6.06. The molecule has 5 nitrogen and oxygen atoms in total. The van der Waals surface area contributed by atoms with Gasteiger partial charge < -0.3 is 14.7 Å². The van der Waals surface area contributed by atoms with Crippen LogP contribution in [0, 0.1) is 0 Å². The van der Waals surface area contributed by atoms with Crippen molar-refractivity contribution < 1.29 is 19.4 Å². The molecule has 0 saturated heterocycles. The molecule has 130 valence electrons. The van der Waals surface area contributed by atoms with Crippen molar-refractivity contribution in [3.63, 3.8) is 0 Å². The molecule has 0 aliphatic carbocycles. The Labute approximate surface area is 146 Å². The molecule has 1 heterocycles. The normalized spacial score (nSPS) is 16.3. The van der Waals surface area contributed by atoms with E-state index in [4.69, 9.17) is 4.74 Å². The van der Waals surface area contributed by atoms with E-state index in [1.807, 2.05) is 42.5 Å². The maximum atomic E-state index is 12.5. The number of hydrogen-bond acceptors (Lipinski definition) is 3. The molecule has 0 fully saturated rings. The molecule has 1 aliphatic heterocycles. The summed E-state index contributed by atoms with van der Waals surface area (Å²) in [5.41, 5.74) is 2.83. The Kier molecular flexibility index (Phi) is 5.46. The third-order valence-electron chi connectivity index (χ3n) is 4.44. The number of nitrogens with zero attached hydrogens (tertiary/aromatic N) is 1. The van der Waals surface area contributed by atoms with Gasteiger partial charge in [0.15, 0.2) is 6.04 Å². The van der Waals surface area contributed by atoms with Crippen molar-refractivity contribution in [3.05, 3.63) is 71.3 Å². The summed E-state index contributed by atoms with van der Waals surface area (Å²) in [5, 5.41) is 9.59. The zero-order valence-corrected chi connectivity index (χ0v) is 13.9. The highest BCUT2D eigenvalue weighted by Crippen LogP contribution is 2.29. The topological polar surface area (TPSA) is 66.8 Å². The van der Waals surface area contributed by atoms with E-state index in [0.29, 0.717) is 25.1 Å². The number of amides is 1. The van der Waals surface area contributed by atoms with Gasteiger partial charge in [-0.15, -0.1) is 0 Å². The molecule has 0 radical (unpaired) electrons. The highest BCUT2D eigenvalue weighted by molar-refractivity contribution is 5.86. The van der Waals surface area contributed by atoms with E-state index in [9.17, 15) is 14.7 Å². The van der Waals surface area contributed by atoms with Crippen LogP contribution in [0.4, 0.5) is 0 Å². The molecule has 1 aliphatic rings. The summed E-state index contributed by atoms with van der Waals surface area (Å²) in [6.07, 6.45) is 1.38. The molecule has 25 heavy (non-hydrogen) atoms. The molecule has 1 amide bonds. The van der Waals surface area contributed by atoms with E-state index in [1.165, 1.54) is 4.90 Å². The van der Waals surface area contributed by atoms with Crippen LogP contribution in [-0.2, 0) is 27.2 Å². The minimum atomic E-state index is -1.01. The van der Waals surface area contributed by atoms with Crippen LogP contribution in [0.15, 0.2) is 54.6 Å². The largest absolute Gasteiger partial charge is 0.479 e. The monoisotopic (exact) mass is 339 g/mol. The van der Waals surface area contributed by atoms with Gasteiger partial charge in [0.05, 0.1) is 6.61 Å². The van der Waals surface area contributed by atoms with Crippen LogP contribution in [0.2, 0.25) is 0 Å².